The van der Waals surface area contributed by atoms with Gasteiger partial charge >= 0.3 is 0 Å². The van der Waals surface area contributed by atoms with Gasteiger partial charge in [0.2, 0.25) is 5.95 Å². The minimum atomic E-state index is 0.458. The van der Waals surface area contributed by atoms with E-state index in [4.69, 9.17) is 28.9 Å². The zero-order chi connectivity index (χ0) is 14.3. The van der Waals surface area contributed by atoms with Gasteiger partial charge in [0.15, 0.2) is 0 Å². The molecule has 0 fully saturated rings. The van der Waals surface area contributed by atoms with E-state index in [1.807, 2.05) is 10.6 Å². The van der Waals surface area contributed by atoms with Gasteiger partial charge < -0.3 is 10.3 Å². The van der Waals surface area contributed by atoms with E-state index in [-0.39, 0.29) is 0 Å². The van der Waals surface area contributed by atoms with E-state index in [9.17, 15) is 0 Å². The molecule has 0 bridgehead atoms. The number of anilines is 1. The summed E-state index contributed by atoms with van der Waals surface area (Å²) in [6, 6.07) is 11.8. The van der Waals surface area contributed by atoms with Crippen molar-refractivity contribution in [1.29, 1.82) is 0 Å². The molecule has 0 saturated carbocycles. The molecule has 0 spiro atoms. The molecule has 0 aliphatic rings. The van der Waals surface area contributed by atoms with Crippen LogP contribution in [0.1, 0.15) is 11.1 Å². The van der Waals surface area contributed by atoms with Crippen LogP contribution in [0.4, 0.5) is 5.95 Å². The van der Waals surface area contributed by atoms with Crippen LogP contribution in [-0.2, 0) is 6.54 Å². The number of nitrogens with zero attached hydrogens (tertiary/aromatic N) is 2. The monoisotopic (exact) mass is 305 g/mol. The van der Waals surface area contributed by atoms with Crippen LogP contribution in [0.25, 0.3) is 11.0 Å². The zero-order valence-electron chi connectivity index (χ0n) is 10.9. The van der Waals surface area contributed by atoms with Crippen LogP contribution in [0.15, 0.2) is 36.4 Å². The molecule has 3 rings (SSSR count). The van der Waals surface area contributed by atoms with Gasteiger partial charge in [-0.3, -0.25) is 0 Å². The summed E-state index contributed by atoms with van der Waals surface area (Å²) in [5, 5.41) is 0.990. The van der Waals surface area contributed by atoms with E-state index in [1.165, 1.54) is 11.1 Å². The summed E-state index contributed by atoms with van der Waals surface area (Å²) < 4.78 is 1.94. The van der Waals surface area contributed by atoms with Gasteiger partial charge in [0.05, 0.1) is 27.6 Å². The van der Waals surface area contributed by atoms with Crippen LogP contribution in [0.3, 0.4) is 0 Å². The molecule has 0 amide bonds. The van der Waals surface area contributed by atoms with Crippen molar-refractivity contribution in [3.05, 3.63) is 57.6 Å². The zero-order valence-corrected chi connectivity index (χ0v) is 12.4. The fraction of sp³-hybridized carbons (Fsp3) is 0.133. The second kappa shape index (κ2) is 5.00. The SMILES string of the molecule is Cc1cccc(Cn2c(N)nc3cc(Cl)c(Cl)cc32)c1. The quantitative estimate of drug-likeness (QED) is 0.768. The lowest BCUT2D eigenvalue weighted by atomic mass is 10.1. The van der Waals surface area contributed by atoms with Crippen LogP contribution >= 0.6 is 23.2 Å². The minimum absolute atomic E-state index is 0.458. The lowest BCUT2D eigenvalue weighted by Crippen LogP contribution is -2.04. The smallest absolute Gasteiger partial charge is 0.201 e. The van der Waals surface area contributed by atoms with Gasteiger partial charge in [-0.15, -0.1) is 0 Å². The highest BCUT2D eigenvalue weighted by Crippen LogP contribution is 2.29. The first-order valence-corrected chi connectivity index (χ1v) is 6.96. The number of benzene rings is 2. The Hall–Kier alpha value is -1.71. The lowest BCUT2D eigenvalue weighted by molar-refractivity contribution is 0.837. The Morgan fingerprint density at radius 1 is 1.15 bits per heavy atom. The number of rotatable bonds is 2. The van der Waals surface area contributed by atoms with Gasteiger partial charge in [-0.1, -0.05) is 53.0 Å². The second-order valence-corrected chi connectivity index (χ2v) is 5.61. The molecule has 3 aromatic rings. The van der Waals surface area contributed by atoms with Crippen molar-refractivity contribution >= 4 is 40.2 Å². The molecule has 2 N–H and O–H groups in total. The van der Waals surface area contributed by atoms with E-state index in [0.717, 1.165) is 11.0 Å². The minimum Gasteiger partial charge on any atom is -0.369 e. The van der Waals surface area contributed by atoms with Crippen molar-refractivity contribution in [2.75, 3.05) is 5.73 Å². The van der Waals surface area contributed by atoms with Crippen LogP contribution in [0.5, 0.6) is 0 Å². The van der Waals surface area contributed by atoms with Gasteiger partial charge in [-0.05, 0) is 24.6 Å². The Bertz CT molecular complexity index is 793. The lowest BCUT2D eigenvalue weighted by Gasteiger charge is -2.08. The molecule has 5 heteroatoms. The fourth-order valence-corrected chi connectivity index (χ4v) is 2.61. The van der Waals surface area contributed by atoms with Crippen LogP contribution in [-0.4, -0.2) is 9.55 Å². The molecule has 0 atom stereocenters. The maximum atomic E-state index is 6.08. The van der Waals surface area contributed by atoms with E-state index < -0.39 is 0 Å². The van der Waals surface area contributed by atoms with Crippen LogP contribution < -0.4 is 5.73 Å². The molecule has 1 heterocycles. The summed E-state index contributed by atoms with van der Waals surface area (Å²) >= 11 is 12.1. The Balaban J connectivity index is 2.11. The molecule has 0 radical (unpaired) electrons. The fourth-order valence-electron chi connectivity index (χ4n) is 2.30. The summed E-state index contributed by atoms with van der Waals surface area (Å²) in [5.74, 6) is 0.458. The summed E-state index contributed by atoms with van der Waals surface area (Å²) in [7, 11) is 0. The molecule has 2 aromatic carbocycles. The Kier molecular flexibility index (Phi) is 3.32. The number of nitrogens with two attached hydrogens (primary N) is 1. The third-order valence-electron chi connectivity index (χ3n) is 3.24. The van der Waals surface area contributed by atoms with Crippen molar-refractivity contribution in [3.8, 4) is 0 Å². The predicted octanol–water partition coefficient (Wildman–Crippen LogP) is 4.28. The van der Waals surface area contributed by atoms with Gasteiger partial charge in [0.1, 0.15) is 0 Å². The highest BCUT2D eigenvalue weighted by molar-refractivity contribution is 6.42. The van der Waals surface area contributed by atoms with E-state index in [1.54, 1.807) is 12.1 Å². The van der Waals surface area contributed by atoms with Crippen molar-refractivity contribution in [1.82, 2.24) is 9.55 Å². The number of imidazole rings is 1. The number of hydrogen-bond donors (Lipinski definition) is 1. The summed E-state index contributed by atoms with van der Waals surface area (Å²) in [4.78, 5) is 4.33. The first kappa shape index (κ1) is 13.3. The van der Waals surface area contributed by atoms with Gasteiger partial charge in [0.25, 0.3) is 0 Å². The van der Waals surface area contributed by atoms with E-state index >= 15 is 0 Å². The predicted molar refractivity (Wildman–Crippen MR) is 84.4 cm³/mol. The molecule has 20 heavy (non-hydrogen) atoms. The molecule has 0 aliphatic heterocycles. The number of aryl methyl sites for hydroxylation is 1. The van der Waals surface area contributed by atoms with Crippen molar-refractivity contribution in [2.45, 2.75) is 13.5 Å². The Labute approximate surface area is 126 Å². The van der Waals surface area contributed by atoms with Crippen molar-refractivity contribution in [3.63, 3.8) is 0 Å². The van der Waals surface area contributed by atoms with E-state index in [0.29, 0.717) is 22.5 Å². The van der Waals surface area contributed by atoms with Gasteiger partial charge in [0, 0.05) is 0 Å². The molecule has 0 saturated heterocycles. The number of nitrogen functional groups attached to an aromatic ring is 1. The molecule has 0 unspecified atom stereocenters. The summed E-state index contributed by atoms with van der Waals surface area (Å²) in [6.07, 6.45) is 0. The van der Waals surface area contributed by atoms with Crippen LogP contribution in [0, 0.1) is 6.92 Å². The van der Waals surface area contributed by atoms with Gasteiger partial charge in [-0.2, -0.15) is 0 Å². The summed E-state index contributed by atoms with van der Waals surface area (Å²) in [5.41, 5.74) is 10.0. The molecule has 3 nitrogen and oxygen atoms in total. The molecule has 102 valence electrons. The third-order valence-corrected chi connectivity index (χ3v) is 3.97. The highest BCUT2D eigenvalue weighted by atomic mass is 35.5. The van der Waals surface area contributed by atoms with Gasteiger partial charge in [-0.25, -0.2) is 4.98 Å². The first-order valence-electron chi connectivity index (χ1n) is 6.21. The number of aromatic nitrogens is 2. The molecule has 1 aromatic heterocycles. The molecular formula is C15H13Cl2N3. The Morgan fingerprint density at radius 3 is 2.65 bits per heavy atom. The van der Waals surface area contributed by atoms with Crippen LogP contribution in [0.2, 0.25) is 10.0 Å². The second-order valence-electron chi connectivity index (χ2n) is 4.80. The topological polar surface area (TPSA) is 43.8 Å². The Morgan fingerprint density at radius 2 is 1.90 bits per heavy atom. The summed E-state index contributed by atoms with van der Waals surface area (Å²) in [6.45, 7) is 2.72. The van der Waals surface area contributed by atoms with Crippen molar-refractivity contribution in [2.24, 2.45) is 0 Å². The number of fused-ring (bicyclic) bond motifs is 1. The maximum absolute atomic E-state index is 6.08. The number of hydrogen-bond acceptors (Lipinski definition) is 2. The highest BCUT2D eigenvalue weighted by Gasteiger charge is 2.11. The maximum Gasteiger partial charge on any atom is 0.201 e. The average Bonchev–Trinajstić information content (AvgIpc) is 2.67. The average molecular weight is 306 g/mol. The first-order chi connectivity index (χ1) is 9.54. The standard InChI is InChI=1S/C15H13Cl2N3/c1-9-3-2-4-10(5-9)8-20-14-7-12(17)11(16)6-13(14)19-15(20)18/h2-7H,8H2,1H3,(H2,18,19). The molecule has 0 aliphatic carbocycles. The van der Waals surface area contributed by atoms with Crippen molar-refractivity contribution < 1.29 is 0 Å². The van der Waals surface area contributed by atoms with E-state index in [2.05, 4.69) is 30.1 Å². The number of halogens is 2. The normalized spacial score (nSPS) is 11.2. The third kappa shape index (κ3) is 2.35. The largest absolute Gasteiger partial charge is 0.369 e. The molecular weight excluding hydrogens is 293 g/mol.